The van der Waals surface area contributed by atoms with Crippen LogP contribution in [0.25, 0.3) is 0 Å². The zero-order valence-electron chi connectivity index (χ0n) is 11.5. The molecule has 2 aromatic rings. The molecule has 2 heterocycles. The zero-order valence-corrected chi connectivity index (χ0v) is 12.3. The van der Waals surface area contributed by atoms with Crippen LogP contribution in [-0.4, -0.2) is 35.1 Å². The molecule has 0 spiro atoms. The number of esters is 1. The lowest BCUT2D eigenvalue weighted by molar-refractivity contribution is 0.0593. The van der Waals surface area contributed by atoms with Gasteiger partial charge in [-0.1, -0.05) is 11.6 Å². The van der Waals surface area contributed by atoms with Gasteiger partial charge in [0, 0.05) is 13.0 Å². The van der Waals surface area contributed by atoms with E-state index in [1.54, 1.807) is 11.9 Å². The largest absolute Gasteiger partial charge is 0.464 e. The fourth-order valence-electron chi connectivity index (χ4n) is 1.90. The second-order valence-corrected chi connectivity index (χ2v) is 5.09. The molecule has 3 rings (SSSR count). The monoisotopic (exact) mass is 308 g/mol. The second kappa shape index (κ2) is 5.33. The maximum atomic E-state index is 11.8. The zero-order chi connectivity index (χ0) is 15.0. The Labute approximate surface area is 125 Å². The molecule has 2 aromatic heterocycles. The molecule has 1 aliphatic rings. The summed E-state index contributed by atoms with van der Waals surface area (Å²) in [6.45, 7) is 0. The van der Waals surface area contributed by atoms with Crippen molar-refractivity contribution in [3.8, 4) is 0 Å². The maximum Gasteiger partial charge on any atom is 0.358 e. The molecular formula is C13H13ClN4O3. The lowest BCUT2D eigenvalue weighted by Gasteiger charge is -2.17. The summed E-state index contributed by atoms with van der Waals surface area (Å²) in [5, 5.41) is 0.118. The molecule has 21 heavy (non-hydrogen) atoms. The van der Waals surface area contributed by atoms with Crippen molar-refractivity contribution in [3.05, 3.63) is 29.0 Å². The summed E-state index contributed by atoms with van der Waals surface area (Å²) in [6.07, 6.45) is 4.97. The third kappa shape index (κ3) is 2.56. The summed E-state index contributed by atoms with van der Waals surface area (Å²) in [7, 11) is 2.99. The molecular weight excluding hydrogens is 296 g/mol. The highest BCUT2D eigenvalue weighted by Crippen LogP contribution is 2.40. The van der Waals surface area contributed by atoms with Crippen LogP contribution in [0.2, 0.25) is 5.02 Å². The summed E-state index contributed by atoms with van der Waals surface area (Å²) in [5.74, 6) is 0.637. The predicted octanol–water partition coefficient (Wildman–Crippen LogP) is 2.55. The molecule has 0 radical (unpaired) electrons. The molecule has 0 aromatic carbocycles. The molecule has 0 unspecified atom stereocenters. The first-order valence-electron chi connectivity index (χ1n) is 6.40. The van der Waals surface area contributed by atoms with Gasteiger partial charge in [-0.25, -0.2) is 19.7 Å². The Bertz CT molecular complexity index is 670. The first kappa shape index (κ1) is 13.8. The molecule has 0 N–H and O–H groups in total. The van der Waals surface area contributed by atoms with Crippen LogP contribution in [0.15, 0.2) is 16.9 Å². The van der Waals surface area contributed by atoms with E-state index in [0.717, 1.165) is 12.8 Å². The maximum absolute atomic E-state index is 11.8. The van der Waals surface area contributed by atoms with Crippen molar-refractivity contribution >= 4 is 29.4 Å². The van der Waals surface area contributed by atoms with Crippen molar-refractivity contribution < 1.29 is 13.9 Å². The van der Waals surface area contributed by atoms with Crippen LogP contribution in [0, 0.1) is 0 Å². The van der Waals surface area contributed by atoms with Crippen LogP contribution in [0.1, 0.15) is 35.1 Å². The van der Waals surface area contributed by atoms with Gasteiger partial charge in [-0.15, -0.1) is 0 Å². The quantitative estimate of drug-likeness (QED) is 0.803. The standard InChI is InChI=1S/C13H13ClN4O3/c1-18(13-15-5-6-21-13)11-8(14)9(12(19)20-2)16-10(17-11)7-3-4-7/h5-7H,3-4H2,1-2H3. The van der Waals surface area contributed by atoms with Gasteiger partial charge in [0.1, 0.15) is 17.1 Å². The van der Waals surface area contributed by atoms with E-state index in [9.17, 15) is 4.79 Å². The van der Waals surface area contributed by atoms with Crippen LogP contribution in [-0.2, 0) is 4.74 Å². The second-order valence-electron chi connectivity index (χ2n) is 4.71. The lowest BCUT2D eigenvalue weighted by atomic mass is 10.3. The van der Waals surface area contributed by atoms with E-state index in [1.165, 1.54) is 19.6 Å². The fourth-order valence-corrected chi connectivity index (χ4v) is 2.19. The van der Waals surface area contributed by atoms with E-state index in [-0.39, 0.29) is 16.6 Å². The molecule has 0 amide bonds. The summed E-state index contributed by atoms with van der Waals surface area (Å²) >= 11 is 6.25. The van der Waals surface area contributed by atoms with Crippen LogP contribution >= 0.6 is 11.6 Å². The number of ether oxygens (including phenoxy) is 1. The predicted molar refractivity (Wildman–Crippen MR) is 74.9 cm³/mol. The Hall–Kier alpha value is -2.15. The molecule has 1 saturated carbocycles. The number of anilines is 2. The van der Waals surface area contributed by atoms with Crippen LogP contribution in [0.5, 0.6) is 0 Å². The number of rotatable bonds is 4. The number of oxazole rings is 1. The minimum atomic E-state index is -0.591. The summed E-state index contributed by atoms with van der Waals surface area (Å²) in [5.41, 5.74) is 0.0597. The smallest absolute Gasteiger partial charge is 0.358 e. The van der Waals surface area contributed by atoms with E-state index in [1.807, 2.05) is 0 Å². The Morgan fingerprint density at radius 3 is 2.81 bits per heavy atom. The molecule has 7 nitrogen and oxygen atoms in total. The minimum absolute atomic E-state index is 0.0597. The fraction of sp³-hybridized carbons (Fsp3) is 0.385. The van der Waals surface area contributed by atoms with E-state index < -0.39 is 5.97 Å². The molecule has 8 heteroatoms. The van der Waals surface area contributed by atoms with Gasteiger partial charge >= 0.3 is 12.0 Å². The van der Waals surface area contributed by atoms with Crippen LogP contribution < -0.4 is 4.90 Å². The van der Waals surface area contributed by atoms with Gasteiger partial charge in [0.25, 0.3) is 0 Å². The van der Waals surface area contributed by atoms with Gasteiger partial charge in [0.15, 0.2) is 11.5 Å². The molecule has 110 valence electrons. The van der Waals surface area contributed by atoms with E-state index >= 15 is 0 Å². The number of aromatic nitrogens is 3. The van der Waals surface area contributed by atoms with Crippen LogP contribution in [0.3, 0.4) is 0 Å². The molecule has 0 bridgehead atoms. The molecule has 0 aliphatic heterocycles. The highest BCUT2D eigenvalue weighted by atomic mass is 35.5. The summed E-state index contributed by atoms with van der Waals surface area (Å²) < 4.78 is 9.95. The molecule has 1 fully saturated rings. The van der Waals surface area contributed by atoms with Crippen molar-refractivity contribution in [2.45, 2.75) is 18.8 Å². The van der Waals surface area contributed by atoms with E-state index in [4.69, 9.17) is 20.8 Å². The van der Waals surface area contributed by atoms with Crippen molar-refractivity contribution in [3.63, 3.8) is 0 Å². The Morgan fingerprint density at radius 2 is 2.24 bits per heavy atom. The van der Waals surface area contributed by atoms with Gasteiger partial charge in [-0.2, -0.15) is 0 Å². The van der Waals surface area contributed by atoms with Crippen molar-refractivity contribution in [1.29, 1.82) is 0 Å². The first-order chi connectivity index (χ1) is 10.1. The van der Waals surface area contributed by atoms with Gasteiger partial charge in [0.05, 0.1) is 13.3 Å². The van der Waals surface area contributed by atoms with Gasteiger partial charge in [0.2, 0.25) is 0 Å². The number of halogens is 1. The first-order valence-corrected chi connectivity index (χ1v) is 6.78. The number of hydrogen-bond acceptors (Lipinski definition) is 7. The third-order valence-corrected chi connectivity index (χ3v) is 3.54. The number of nitrogens with zero attached hydrogens (tertiary/aromatic N) is 4. The Morgan fingerprint density at radius 1 is 1.48 bits per heavy atom. The average Bonchev–Trinajstić information content (AvgIpc) is 3.20. The number of carbonyl (C=O) groups excluding carboxylic acids is 1. The Kier molecular flexibility index (Phi) is 3.50. The van der Waals surface area contributed by atoms with Crippen molar-refractivity contribution in [2.24, 2.45) is 0 Å². The highest BCUT2D eigenvalue weighted by molar-refractivity contribution is 6.35. The Balaban J connectivity index is 2.09. The van der Waals surface area contributed by atoms with Crippen LogP contribution in [0.4, 0.5) is 11.8 Å². The highest BCUT2D eigenvalue weighted by Gasteiger charge is 2.31. The number of hydrogen-bond donors (Lipinski definition) is 0. The van der Waals surface area contributed by atoms with E-state index in [2.05, 4.69) is 15.0 Å². The summed E-state index contributed by atoms with van der Waals surface area (Å²) in [6, 6.07) is 0.327. The third-order valence-electron chi connectivity index (χ3n) is 3.20. The van der Waals surface area contributed by atoms with Gasteiger partial charge < -0.3 is 9.15 Å². The SMILES string of the molecule is COC(=O)c1nc(C2CC2)nc(N(C)c2ncco2)c1Cl. The van der Waals surface area contributed by atoms with Gasteiger partial charge in [-0.3, -0.25) is 4.90 Å². The molecule has 1 aliphatic carbocycles. The van der Waals surface area contributed by atoms with Crippen molar-refractivity contribution in [2.75, 3.05) is 19.1 Å². The number of methoxy groups -OCH3 is 1. The number of carbonyl (C=O) groups is 1. The van der Waals surface area contributed by atoms with E-state index in [0.29, 0.717) is 17.7 Å². The van der Waals surface area contributed by atoms with Gasteiger partial charge in [-0.05, 0) is 12.8 Å². The minimum Gasteiger partial charge on any atom is -0.464 e. The normalized spacial score (nSPS) is 14.0. The topological polar surface area (TPSA) is 81.4 Å². The summed E-state index contributed by atoms with van der Waals surface area (Å²) in [4.78, 5) is 26.1. The molecule has 0 saturated heterocycles. The lowest BCUT2D eigenvalue weighted by Crippen LogP contribution is -2.17. The molecule has 0 atom stereocenters. The van der Waals surface area contributed by atoms with Crippen molar-refractivity contribution in [1.82, 2.24) is 15.0 Å². The average molecular weight is 309 g/mol.